The molecule has 0 aromatic carbocycles. The maximum atomic E-state index is 10.5. The zero-order valence-corrected chi connectivity index (χ0v) is 5.55. The highest BCUT2D eigenvalue weighted by Gasteiger charge is 2.41. The van der Waals surface area contributed by atoms with E-state index in [2.05, 4.69) is 4.74 Å². The average molecular weight is 130 g/mol. The van der Waals surface area contributed by atoms with Crippen molar-refractivity contribution in [1.29, 1.82) is 0 Å². The second-order valence-corrected chi connectivity index (χ2v) is 3.00. The van der Waals surface area contributed by atoms with Crippen LogP contribution in [0.2, 0.25) is 0 Å². The first-order chi connectivity index (χ1) is 4.04. The molecule has 1 aliphatic rings. The molecule has 1 saturated heterocycles. The van der Waals surface area contributed by atoms with E-state index in [0.717, 1.165) is 0 Å². The summed E-state index contributed by atoms with van der Waals surface area (Å²) >= 11 is 0. The molecule has 0 saturated carbocycles. The second kappa shape index (κ2) is 1.70. The van der Waals surface area contributed by atoms with Crippen molar-refractivity contribution in [1.82, 2.24) is 0 Å². The Labute approximate surface area is 53.6 Å². The summed E-state index contributed by atoms with van der Waals surface area (Å²) in [6, 6.07) is 0. The number of carbonyl (C=O) groups excluding carboxylic acids is 1. The van der Waals surface area contributed by atoms with Gasteiger partial charge in [-0.05, 0) is 0 Å². The van der Waals surface area contributed by atoms with Crippen molar-refractivity contribution >= 4 is 5.97 Å². The molecule has 52 valence electrons. The minimum Gasteiger partial charge on any atom is -0.463 e. The van der Waals surface area contributed by atoms with Crippen molar-refractivity contribution in [2.24, 2.45) is 5.41 Å². The maximum Gasteiger partial charge on any atom is 0.335 e. The molecule has 1 aliphatic heterocycles. The number of ether oxygens (including phenoxy) is 1. The molecule has 1 atom stereocenters. The standard InChI is InChI=1S/C6H10O3/c1-6(2)3-9-5(8)4(6)7/h4,7H,3H2,1-2H3/t4-/m0/s1. The van der Waals surface area contributed by atoms with Crippen molar-refractivity contribution in [3.63, 3.8) is 0 Å². The Morgan fingerprint density at radius 2 is 2.33 bits per heavy atom. The lowest BCUT2D eigenvalue weighted by Crippen LogP contribution is -2.29. The molecule has 0 spiro atoms. The first-order valence-corrected chi connectivity index (χ1v) is 2.89. The molecule has 1 fully saturated rings. The zero-order chi connectivity index (χ0) is 7.07. The summed E-state index contributed by atoms with van der Waals surface area (Å²) in [5, 5.41) is 9.05. The van der Waals surface area contributed by atoms with Gasteiger partial charge in [0.2, 0.25) is 0 Å². The smallest absolute Gasteiger partial charge is 0.335 e. The van der Waals surface area contributed by atoms with Crippen LogP contribution in [0.25, 0.3) is 0 Å². The molecule has 3 nitrogen and oxygen atoms in total. The topological polar surface area (TPSA) is 46.5 Å². The zero-order valence-electron chi connectivity index (χ0n) is 5.55. The van der Waals surface area contributed by atoms with Crippen LogP contribution in [-0.4, -0.2) is 23.8 Å². The highest BCUT2D eigenvalue weighted by atomic mass is 16.6. The van der Waals surface area contributed by atoms with E-state index >= 15 is 0 Å². The largest absolute Gasteiger partial charge is 0.463 e. The number of rotatable bonds is 0. The summed E-state index contributed by atoms with van der Waals surface area (Å²) in [6.45, 7) is 3.91. The van der Waals surface area contributed by atoms with Crippen molar-refractivity contribution in [3.8, 4) is 0 Å². The van der Waals surface area contributed by atoms with Gasteiger partial charge in [0.25, 0.3) is 0 Å². The van der Waals surface area contributed by atoms with Gasteiger partial charge in [-0.2, -0.15) is 0 Å². The van der Waals surface area contributed by atoms with Gasteiger partial charge in [-0.1, -0.05) is 13.8 Å². The molecule has 0 unspecified atom stereocenters. The van der Waals surface area contributed by atoms with E-state index in [1.807, 2.05) is 0 Å². The Morgan fingerprint density at radius 1 is 1.78 bits per heavy atom. The number of aliphatic hydroxyl groups excluding tert-OH is 1. The molecule has 3 heteroatoms. The van der Waals surface area contributed by atoms with E-state index in [1.165, 1.54) is 0 Å². The molecular weight excluding hydrogens is 120 g/mol. The van der Waals surface area contributed by atoms with E-state index in [-0.39, 0.29) is 0 Å². The highest BCUT2D eigenvalue weighted by Crippen LogP contribution is 2.27. The van der Waals surface area contributed by atoms with Gasteiger partial charge < -0.3 is 9.84 Å². The first kappa shape index (κ1) is 6.55. The summed E-state index contributed by atoms with van der Waals surface area (Å²) in [5.74, 6) is -0.500. The maximum absolute atomic E-state index is 10.5. The van der Waals surface area contributed by atoms with Crippen LogP contribution in [0, 0.1) is 5.41 Å². The fourth-order valence-corrected chi connectivity index (χ4v) is 0.734. The predicted molar refractivity (Wildman–Crippen MR) is 30.7 cm³/mol. The number of aliphatic hydroxyl groups is 1. The Bertz CT molecular complexity index is 139. The average Bonchev–Trinajstić information content (AvgIpc) is 1.97. The Kier molecular flexibility index (Phi) is 1.24. The van der Waals surface area contributed by atoms with E-state index in [1.54, 1.807) is 13.8 Å². The Morgan fingerprint density at radius 3 is 2.44 bits per heavy atom. The van der Waals surface area contributed by atoms with Crippen LogP contribution < -0.4 is 0 Å². The Balaban J connectivity index is 2.73. The summed E-state index contributed by atoms with van der Waals surface area (Å²) in [7, 11) is 0. The fourth-order valence-electron chi connectivity index (χ4n) is 0.734. The lowest BCUT2D eigenvalue weighted by atomic mass is 9.90. The van der Waals surface area contributed by atoms with Gasteiger partial charge in [0, 0.05) is 5.41 Å². The second-order valence-electron chi connectivity index (χ2n) is 3.00. The quantitative estimate of drug-likeness (QED) is 0.467. The third-order valence-corrected chi connectivity index (χ3v) is 1.55. The highest BCUT2D eigenvalue weighted by molar-refractivity contribution is 5.77. The van der Waals surface area contributed by atoms with Gasteiger partial charge in [-0.25, -0.2) is 4.79 Å². The number of carbonyl (C=O) groups is 1. The normalized spacial score (nSPS) is 32.3. The summed E-state index contributed by atoms with van der Waals surface area (Å²) in [5.41, 5.74) is -0.392. The third kappa shape index (κ3) is 0.920. The third-order valence-electron chi connectivity index (χ3n) is 1.55. The van der Waals surface area contributed by atoms with E-state index in [4.69, 9.17) is 5.11 Å². The molecular formula is C6H10O3. The van der Waals surface area contributed by atoms with Crippen molar-refractivity contribution < 1.29 is 14.6 Å². The number of cyclic esters (lactones) is 1. The molecule has 0 bridgehead atoms. The summed E-state index contributed by atoms with van der Waals surface area (Å²) in [4.78, 5) is 10.5. The molecule has 0 aromatic rings. The Hall–Kier alpha value is -0.570. The first-order valence-electron chi connectivity index (χ1n) is 2.89. The van der Waals surface area contributed by atoms with Crippen LogP contribution in [0.1, 0.15) is 13.8 Å². The monoisotopic (exact) mass is 130 g/mol. The molecule has 0 radical (unpaired) electrons. The lowest BCUT2D eigenvalue weighted by Gasteiger charge is -2.15. The predicted octanol–water partition coefficient (Wildman–Crippen LogP) is -0.0697. The summed E-state index contributed by atoms with van der Waals surface area (Å²) < 4.78 is 4.59. The van der Waals surface area contributed by atoms with Crippen molar-refractivity contribution in [2.75, 3.05) is 6.61 Å². The van der Waals surface area contributed by atoms with Gasteiger partial charge in [0.15, 0.2) is 6.10 Å². The molecule has 1 rings (SSSR count). The molecule has 1 N–H and O–H groups in total. The molecule has 1 heterocycles. The molecule has 0 aromatic heterocycles. The van der Waals surface area contributed by atoms with Crippen LogP contribution in [-0.2, 0) is 9.53 Å². The van der Waals surface area contributed by atoms with Gasteiger partial charge in [-0.15, -0.1) is 0 Å². The van der Waals surface area contributed by atoms with E-state index in [0.29, 0.717) is 6.61 Å². The minimum absolute atomic E-state index is 0.326. The molecule has 0 aliphatic carbocycles. The SMILES string of the molecule is CC1(C)COC(=O)[C@@H]1O. The van der Waals surface area contributed by atoms with Gasteiger partial charge in [0.05, 0.1) is 6.61 Å². The summed E-state index contributed by atoms with van der Waals surface area (Å²) in [6.07, 6.45) is -0.933. The van der Waals surface area contributed by atoms with Crippen LogP contribution in [0.3, 0.4) is 0 Å². The van der Waals surface area contributed by atoms with Crippen LogP contribution in [0.15, 0.2) is 0 Å². The van der Waals surface area contributed by atoms with Crippen molar-refractivity contribution in [2.45, 2.75) is 20.0 Å². The lowest BCUT2D eigenvalue weighted by molar-refractivity contribution is -0.145. The van der Waals surface area contributed by atoms with Gasteiger partial charge in [-0.3, -0.25) is 0 Å². The van der Waals surface area contributed by atoms with E-state index < -0.39 is 17.5 Å². The van der Waals surface area contributed by atoms with Crippen LogP contribution in [0.5, 0.6) is 0 Å². The number of esters is 1. The minimum atomic E-state index is -0.933. The number of hydrogen-bond donors (Lipinski definition) is 1. The molecule has 9 heavy (non-hydrogen) atoms. The van der Waals surface area contributed by atoms with Crippen LogP contribution in [0.4, 0.5) is 0 Å². The van der Waals surface area contributed by atoms with Gasteiger partial charge >= 0.3 is 5.97 Å². The van der Waals surface area contributed by atoms with Crippen LogP contribution >= 0.6 is 0 Å². The molecule has 0 amide bonds. The van der Waals surface area contributed by atoms with E-state index in [9.17, 15) is 4.79 Å². The number of hydrogen-bond acceptors (Lipinski definition) is 3. The van der Waals surface area contributed by atoms with Crippen molar-refractivity contribution in [3.05, 3.63) is 0 Å². The van der Waals surface area contributed by atoms with Gasteiger partial charge in [0.1, 0.15) is 0 Å². The fraction of sp³-hybridized carbons (Fsp3) is 0.833.